The van der Waals surface area contributed by atoms with Crippen molar-refractivity contribution in [2.75, 3.05) is 11.9 Å². The van der Waals surface area contributed by atoms with Gasteiger partial charge in [0.25, 0.3) is 0 Å². The van der Waals surface area contributed by atoms with Gasteiger partial charge in [0.1, 0.15) is 5.00 Å². The van der Waals surface area contributed by atoms with Gasteiger partial charge >= 0.3 is 5.97 Å². The van der Waals surface area contributed by atoms with E-state index in [9.17, 15) is 4.79 Å². The molecule has 0 aliphatic heterocycles. The zero-order valence-corrected chi connectivity index (χ0v) is 10.4. The lowest BCUT2D eigenvalue weighted by atomic mass is 9.78. The van der Waals surface area contributed by atoms with Crippen molar-refractivity contribution in [3.05, 3.63) is 46.6 Å². The van der Waals surface area contributed by atoms with Crippen molar-refractivity contribution in [3.63, 3.8) is 0 Å². The molecule has 0 radical (unpaired) electrons. The summed E-state index contributed by atoms with van der Waals surface area (Å²) < 4.78 is 0. The van der Waals surface area contributed by atoms with E-state index in [4.69, 9.17) is 5.11 Å². The maximum absolute atomic E-state index is 10.9. The SMILES string of the molecule is O=C(O)c1ncsc1NCC1Cc2ccccc21. The number of benzene rings is 1. The van der Waals surface area contributed by atoms with Crippen LogP contribution in [-0.2, 0) is 6.42 Å². The Labute approximate surface area is 108 Å². The fourth-order valence-electron chi connectivity index (χ4n) is 2.28. The van der Waals surface area contributed by atoms with E-state index < -0.39 is 5.97 Å². The molecule has 1 unspecified atom stereocenters. The van der Waals surface area contributed by atoms with Crippen LogP contribution in [0.5, 0.6) is 0 Å². The third-order valence-electron chi connectivity index (χ3n) is 3.24. The maximum atomic E-state index is 10.9. The fourth-order valence-corrected chi connectivity index (χ4v) is 2.97. The number of rotatable bonds is 4. The molecular weight excluding hydrogens is 248 g/mol. The van der Waals surface area contributed by atoms with Gasteiger partial charge in [0, 0.05) is 12.5 Å². The van der Waals surface area contributed by atoms with Gasteiger partial charge in [0.05, 0.1) is 5.51 Å². The van der Waals surface area contributed by atoms with Crippen LogP contribution in [0.25, 0.3) is 0 Å². The van der Waals surface area contributed by atoms with E-state index in [2.05, 4.69) is 22.4 Å². The Hall–Kier alpha value is -1.88. The lowest BCUT2D eigenvalue weighted by molar-refractivity contribution is 0.0692. The van der Waals surface area contributed by atoms with Gasteiger partial charge in [-0.1, -0.05) is 24.3 Å². The monoisotopic (exact) mass is 260 g/mol. The topological polar surface area (TPSA) is 62.2 Å². The molecule has 0 bridgehead atoms. The highest BCUT2D eigenvalue weighted by molar-refractivity contribution is 7.14. The minimum atomic E-state index is -0.979. The Kier molecular flexibility index (Phi) is 2.76. The lowest BCUT2D eigenvalue weighted by Gasteiger charge is -2.30. The molecule has 0 amide bonds. The summed E-state index contributed by atoms with van der Waals surface area (Å²) in [6.45, 7) is 0.763. The van der Waals surface area contributed by atoms with Crippen LogP contribution in [0.4, 0.5) is 5.00 Å². The Morgan fingerprint density at radius 2 is 2.33 bits per heavy atom. The zero-order chi connectivity index (χ0) is 12.5. The molecule has 4 nitrogen and oxygen atoms in total. The van der Waals surface area contributed by atoms with Crippen LogP contribution in [0.1, 0.15) is 27.5 Å². The second-order valence-corrected chi connectivity index (χ2v) is 5.17. The van der Waals surface area contributed by atoms with Gasteiger partial charge in [-0.2, -0.15) is 0 Å². The number of aromatic carboxylic acids is 1. The first kappa shape index (κ1) is 11.2. The molecule has 1 aliphatic carbocycles. The number of nitrogens with zero attached hydrogens (tertiary/aromatic N) is 1. The summed E-state index contributed by atoms with van der Waals surface area (Å²) in [5.74, 6) is -0.502. The maximum Gasteiger partial charge on any atom is 0.357 e. The Morgan fingerprint density at radius 1 is 1.50 bits per heavy atom. The lowest BCUT2D eigenvalue weighted by Crippen LogP contribution is -2.24. The highest BCUT2D eigenvalue weighted by atomic mass is 32.1. The molecule has 18 heavy (non-hydrogen) atoms. The minimum absolute atomic E-state index is 0.118. The van der Waals surface area contributed by atoms with Crippen molar-refractivity contribution in [1.29, 1.82) is 0 Å². The minimum Gasteiger partial charge on any atom is -0.476 e. The number of anilines is 1. The molecule has 1 aliphatic rings. The average Bonchev–Trinajstić information content (AvgIpc) is 2.79. The molecule has 2 N–H and O–H groups in total. The number of hydrogen-bond donors (Lipinski definition) is 2. The normalized spacial score (nSPS) is 16.8. The van der Waals surface area contributed by atoms with E-state index in [-0.39, 0.29) is 5.69 Å². The quantitative estimate of drug-likeness (QED) is 0.887. The van der Waals surface area contributed by atoms with Gasteiger partial charge in [0.15, 0.2) is 5.69 Å². The average molecular weight is 260 g/mol. The van der Waals surface area contributed by atoms with Crippen molar-refractivity contribution >= 4 is 22.3 Å². The molecule has 1 atom stereocenters. The molecule has 5 heteroatoms. The molecule has 3 rings (SSSR count). The first-order valence-corrected chi connectivity index (χ1v) is 6.62. The molecule has 0 saturated carbocycles. The van der Waals surface area contributed by atoms with Crippen LogP contribution in [0.15, 0.2) is 29.8 Å². The van der Waals surface area contributed by atoms with Gasteiger partial charge in [-0.05, 0) is 17.5 Å². The van der Waals surface area contributed by atoms with Crippen LogP contribution in [0.3, 0.4) is 0 Å². The number of carbonyl (C=O) groups is 1. The van der Waals surface area contributed by atoms with E-state index in [0.29, 0.717) is 10.9 Å². The van der Waals surface area contributed by atoms with Crippen molar-refractivity contribution < 1.29 is 9.90 Å². The van der Waals surface area contributed by atoms with Gasteiger partial charge in [-0.15, -0.1) is 11.3 Å². The standard InChI is InChI=1S/C13H12N2O2S/c16-13(17)11-12(18-7-15-11)14-6-9-5-8-3-1-2-4-10(8)9/h1-4,7,9,14H,5-6H2,(H,16,17). The van der Waals surface area contributed by atoms with Crippen LogP contribution < -0.4 is 5.32 Å². The van der Waals surface area contributed by atoms with Crippen molar-refractivity contribution in [1.82, 2.24) is 4.98 Å². The van der Waals surface area contributed by atoms with Crippen LogP contribution in [-0.4, -0.2) is 22.6 Å². The number of hydrogen-bond acceptors (Lipinski definition) is 4. The summed E-state index contributed by atoms with van der Waals surface area (Å²) in [5, 5.41) is 12.8. The fraction of sp³-hybridized carbons (Fsp3) is 0.231. The molecule has 0 spiro atoms. The molecule has 92 valence electrons. The van der Waals surface area contributed by atoms with Gasteiger partial charge < -0.3 is 10.4 Å². The summed E-state index contributed by atoms with van der Waals surface area (Å²) in [6, 6.07) is 8.37. The Morgan fingerprint density at radius 3 is 3.11 bits per heavy atom. The van der Waals surface area contributed by atoms with E-state index in [0.717, 1.165) is 13.0 Å². The number of fused-ring (bicyclic) bond motifs is 1. The highest BCUT2D eigenvalue weighted by Gasteiger charge is 2.25. The number of nitrogens with one attached hydrogen (secondary N) is 1. The smallest absolute Gasteiger partial charge is 0.357 e. The van der Waals surface area contributed by atoms with Crippen LogP contribution >= 0.6 is 11.3 Å². The Balaban J connectivity index is 1.67. The summed E-state index contributed by atoms with van der Waals surface area (Å²) in [4.78, 5) is 14.8. The van der Waals surface area contributed by atoms with Crippen molar-refractivity contribution in [2.24, 2.45) is 0 Å². The summed E-state index contributed by atoms with van der Waals surface area (Å²) in [7, 11) is 0. The van der Waals surface area contributed by atoms with Gasteiger partial charge in [-0.3, -0.25) is 0 Å². The molecule has 0 fully saturated rings. The summed E-state index contributed by atoms with van der Waals surface area (Å²) >= 11 is 1.33. The third-order valence-corrected chi connectivity index (χ3v) is 4.02. The molecular formula is C13H12N2O2S. The predicted octanol–water partition coefficient (Wildman–Crippen LogP) is 2.59. The molecule has 2 aromatic rings. The van der Waals surface area contributed by atoms with Gasteiger partial charge in [-0.25, -0.2) is 9.78 Å². The van der Waals surface area contributed by atoms with Crippen molar-refractivity contribution in [2.45, 2.75) is 12.3 Å². The zero-order valence-electron chi connectivity index (χ0n) is 9.59. The number of aromatic nitrogens is 1. The first-order chi connectivity index (χ1) is 8.75. The van der Waals surface area contributed by atoms with E-state index in [1.54, 1.807) is 5.51 Å². The number of carboxylic acids is 1. The van der Waals surface area contributed by atoms with Gasteiger partial charge in [0.2, 0.25) is 0 Å². The molecule has 1 aromatic heterocycles. The van der Waals surface area contributed by atoms with E-state index >= 15 is 0 Å². The van der Waals surface area contributed by atoms with E-state index in [1.807, 2.05) is 12.1 Å². The number of carboxylic acid groups (broad SMARTS) is 1. The molecule has 0 saturated heterocycles. The first-order valence-electron chi connectivity index (χ1n) is 5.74. The largest absolute Gasteiger partial charge is 0.476 e. The summed E-state index contributed by atoms with van der Waals surface area (Å²) in [6.07, 6.45) is 1.06. The molecule has 1 aromatic carbocycles. The van der Waals surface area contributed by atoms with Crippen molar-refractivity contribution in [3.8, 4) is 0 Å². The Bertz CT molecular complexity index is 594. The van der Waals surface area contributed by atoms with E-state index in [1.165, 1.54) is 22.5 Å². The van der Waals surface area contributed by atoms with Crippen LogP contribution in [0.2, 0.25) is 0 Å². The predicted molar refractivity (Wildman–Crippen MR) is 70.5 cm³/mol. The highest BCUT2D eigenvalue weighted by Crippen LogP contribution is 2.35. The molecule has 1 heterocycles. The summed E-state index contributed by atoms with van der Waals surface area (Å²) in [5.41, 5.74) is 4.44. The second kappa shape index (κ2) is 4.42. The van der Waals surface area contributed by atoms with Crippen LogP contribution in [0, 0.1) is 0 Å². The third kappa shape index (κ3) is 1.86. The second-order valence-electron chi connectivity index (χ2n) is 4.32. The number of thiazole rings is 1.